The van der Waals surface area contributed by atoms with Crippen LogP contribution in [-0.4, -0.2) is 57.9 Å². The minimum Gasteiger partial charge on any atom is -0.390 e. The molecule has 2 saturated heterocycles. The van der Waals surface area contributed by atoms with E-state index in [1.54, 1.807) is 5.57 Å². The maximum absolute atomic E-state index is 12.7. The first kappa shape index (κ1) is 27.1. The molecule has 2 aliphatic heterocycles. The summed E-state index contributed by atoms with van der Waals surface area (Å²) in [5.41, 5.74) is 1.80. The van der Waals surface area contributed by atoms with Crippen molar-refractivity contribution in [2.45, 2.75) is 136 Å². The Balaban J connectivity index is 1.24. The first-order valence-corrected chi connectivity index (χ1v) is 15.9. The number of allylic oxidation sites excluding steroid dienone is 2. The van der Waals surface area contributed by atoms with Gasteiger partial charge in [-0.15, -0.1) is 0 Å². The number of carbonyl (C=O) groups excluding carboxylic acids is 1. The van der Waals surface area contributed by atoms with Crippen molar-refractivity contribution in [1.29, 1.82) is 0 Å². The molecule has 0 spiro atoms. The number of carbonyl (C=O) groups is 1. The van der Waals surface area contributed by atoms with Gasteiger partial charge in [0.15, 0.2) is 6.29 Å². The summed E-state index contributed by atoms with van der Waals surface area (Å²) >= 11 is 0. The molecule has 14 unspecified atom stereocenters. The second-order valence-corrected chi connectivity index (χ2v) is 16.1. The highest BCUT2D eigenvalue weighted by Gasteiger charge is 2.66. The van der Waals surface area contributed by atoms with Crippen LogP contribution in [0, 0.1) is 51.2 Å². The van der Waals surface area contributed by atoms with E-state index >= 15 is 0 Å². The van der Waals surface area contributed by atoms with Crippen molar-refractivity contribution < 1.29 is 29.6 Å². The molecule has 7 rings (SSSR count). The fraction of sp³-hybridized carbons (Fsp3) is 0.909. The summed E-state index contributed by atoms with van der Waals surface area (Å²) in [6.45, 7) is 12.0. The van der Waals surface area contributed by atoms with Crippen molar-refractivity contribution in [2.75, 3.05) is 0 Å². The van der Waals surface area contributed by atoms with Gasteiger partial charge in [-0.3, -0.25) is 4.79 Å². The third-order valence-corrected chi connectivity index (χ3v) is 14.0. The lowest BCUT2D eigenvalue weighted by molar-refractivity contribution is -0.217. The maximum Gasteiger partial charge on any atom is 0.187 e. The molecule has 0 aromatic carbocycles. The maximum atomic E-state index is 12.7. The lowest BCUT2D eigenvalue weighted by atomic mass is 9.38. The SMILES string of the molecule is CC1C(=O)CCC2(C)C1CCC1(C)C3CCC4(C(O)C5OC6OC6C(O)C5O)CCC(C)(C)CC4C3=CCC12. The van der Waals surface area contributed by atoms with E-state index in [1.165, 1.54) is 6.42 Å². The molecule has 6 heteroatoms. The Morgan fingerprint density at radius 2 is 1.69 bits per heavy atom. The van der Waals surface area contributed by atoms with E-state index in [9.17, 15) is 20.1 Å². The molecule has 0 aromatic rings. The van der Waals surface area contributed by atoms with Crippen molar-refractivity contribution in [2.24, 2.45) is 51.2 Å². The summed E-state index contributed by atoms with van der Waals surface area (Å²) in [6.07, 6.45) is 7.88. The molecule has 5 aliphatic carbocycles. The Bertz CT molecular complexity index is 1070. The van der Waals surface area contributed by atoms with Gasteiger partial charge < -0.3 is 24.8 Å². The van der Waals surface area contributed by atoms with E-state index in [-0.39, 0.29) is 33.5 Å². The molecule has 6 fully saturated rings. The molecule has 0 radical (unpaired) electrons. The van der Waals surface area contributed by atoms with E-state index in [0.29, 0.717) is 23.5 Å². The van der Waals surface area contributed by atoms with Crippen molar-refractivity contribution in [1.82, 2.24) is 0 Å². The average Bonchev–Trinajstić information content (AvgIpc) is 3.67. The minimum absolute atomic E-state index is 0.180. The summed E-state index contributed by atoms with van der Waals surface area (Å²) in [4.78, 5) is 12.7. The molecular formula is C33H50O6. The van der Waals surface area contributed by atoms with Crippen LogP contribution in [0.4, 0.5) is 0 Å². The van der Waals surface area contributed by atoms with Gasteiger partial charge in [-0.2, -0.15) is 0 Å². The van der Waals surface area contributed by atoms with E-state index in [2.05, 4.69) is 40.7 Å². The Morgan fingerprint density at radius 3 is 2.46 bits per heavy atom. The van der Waals surface area contributed by atoms with Crippen molar-refractivity contribution >= 4 is 5.78 Å². The first-order valence-electron chi connectivity index (χ1n) is 15.9. The zero-order valence-electron chi connectivity index (χ0n) is 24.6. The summed E-state index contributed by atoms with van der Waals surface area (Å²) in [6, 6.07) is 0. The molecule has 0 aromatic heterocycles. The molecule has 14 atom stereocenters. The molecule has 2 heterocycles. The van der Waals surface area contributed by atoms with E-state index in [4.69, 9.17) is 9.47 Å². The van der Waals surface area contributed by atoms with Gasteiger partial charge in [-0.1, -0.05) is 46.3 Å². The minimum atomic E-state index is -1.14. The summed E-state index contributed by atoms with van der Waals surface area (Å²) < 4.78 is 11.5. The largest absolute Gasteiger partial charge is 0.390 e. The molecule has 218 valence electrons. The van der Waals surface area contributed by atoms with Crippen LogP contribution in [0.25, 0.3) is 0 Å². The molecule has 0 bridgehead atoms. The lowest BCUT2D eigenvalue weighted by Crippen LogP contribution is -2.63. The number of Topliss-reactive ketones (excluding diaryl/α,β-unsaturated/α-hetero) is 1. The summed E-state index contributed by atoms with van der Waals surface area (Å²) in [5.74, 6) is 2.48. The fourth-order valence-electron chi connectivity index (χ4n) is 11.6. The van der Waals surface area contributed by atoms with Crippen LogP contribution in [0.5, 0.6) is 0 Å². The number of ether oxygens (including phenoxy) is 2. The highest BCUT2D eigenvalue weighted by Crippen LogP contribution is 2.71. The number of aliphatic hydroxyl groups excluding tert-OH is 3. The fourth-order valence-corrected chi connectivity index (χ4v) is 11.6. The monoisotopic (exact) mass is 542 g/mol. The van der Waals surface area contributed by atoms with Gasteiger partial charge in [-0.05, 0) is 97.7 Å². The quantitative estimate of drug-likeness (QED) is 0.343. The van der Waals surface area contributed by atoms with Crippen molar-refractivity contribution in [3.05, 3.63) is 11.6 Å². The van der Waals surface area contributed by atoms with Crippen LogP contribution in [0.3, 0.4) is 0 Å². The van der Waals surface area contributed by atoms with Gasteiger partial charge in [0.25, 0.3) is 0 Å². The van der Waals surface area contributed by atoms with Gasteiger partial charge in [0, 0.05) is 17.8 Å². The van der Waals surface area contributed by atoms with E-state index < -0.39 is 36.8 Å². The number of fused-ring (bicyclic) bond motifs is 8. The number of hydrogen-bond donors (Lipinski definition) is 3. The van der Waals surface area contributed by atoms with Crippen LogP contribution in [-0.2, 0) is 14.3 Å². The van der Waals surface area contributed by atoms with Crippen LogP contribution in [0.2, 0.25) is 0 Å². The second kappa shape index (κ2) is 8.63. The Kier molecular flexibility index (Phi) is 5.99. The normalized spacial score (nSPS) is 56.6. The van der Waals surface area contributed by atoms with Gasteiger partial charge >= 0.3 is 0 Å². The van der Waals surface area contributed by atoms with Crippen LogP contribution >= 0.6 is 0 Å². The van der Waals surface area contributed by atoms with E-state index in [0.717, 1.165) is 57.8 Å². The highest BCUT2D eigenvalue weighted by molar-refractivity contribution is 5.82. The predicted molar refractivity (Wildman–Crippen MR) is 146 cm³/mol. The van der Waals surface area contributed by atoms with Gasteiger partial charge in [0.2, 0.25) is 0 Å². The molecule has 39 heavy (non-hydrogen) atoms. The first-order chi connectivity index (χ1) is 18.3. The number of aliphatic hydroxyl groups is 3. The zero-order valence-corrected chi connectivity index (χ0v) is 24.6. The lowest BCUT2D eigenvalue weighted by Gasteiger charge is -2.67. The molecule has 6 nitrogen and oxygen atoms in total. The van der Waals surface area contributed by atoms with Crippen LogP contribution in [0.15, 0.2) is 11.6 Å². The predicted octanol–water partition coefficient (Wildman–Crippen LogP) is 4.78. The molecule has 7 aliphatic rings. The number of rotatable bonds is 2. The molecule has 3 N–H and O–H groups in total. The zero-order chi connectivity index (χ0) is 27.7. The number of hydrogen-bond acceptors (Lipinski definition) is 6. The van der Waals surface area contributed by atoms with Crippen LogP contribution in [0.1, 0.15) is 98.8 Å². The Hall–Kier alpha value is -0.790. The third kappa shape index (κ3) is 3.66. The van der Waals surface area contributed by atoms with Gasteiger partial charge in [0.1, 0.15) is 30.2 Å². The molecular weight excluding hydrogens is 492 g/mol. The molecule has 0 amide bonds. The average molecular weight is 543 g/mol. The summed E-state index contributed by atoms with van der Waals surface area (Å²) in [7, 11) is 0. The number of ketones is 1. The number of epoxide rings is 1. The highest BCUT2D eigenvalue weighted by atomic mass is 16.8. The standard InChI is InChI=1S/C33H50O6/c1-17-19-8-11-32(5)20-9-13-33(28(37)26-24(35)25(36)27-29(38-26)39-27)15-14-30(2,3)16-21(33)18(20)6-7-23(32)31(19,4)12-10-22(17)34/h6,17,19-21,23-29,35-37H,7-16H2,1-5H3. The Morgan fingerprint density at radius 1 is 0.923 bits per heavy atom. The third-order valence-electron chi connectivity index (χ3n) is 14.0. The topological polar surface area (TPSA) is 99.5 Å². The molecule has 4 saturated carbocycles. The van der Waals surface area contributed by atoms with Crippen LogP contribution < -0.4 is 0 Å². The van der Waals surface area contributed by atoms with Gasteiger partial charge in [-0.25, -0.2) is 0 Å². The Labute approximate surface area is 233 Å². The van der Waals surface area contributed by atoms with E-state index in [1.807, 2.05) is 0 Å². The van der Waals surface area contributed by atoms with Crippen molar-refractivity contribution in [3.63, 3.8) is 0 Å². The van der Waals surface area contributed by atoms with Crippen molar-refractivity contribution in [3.8, 4) is 0 Å². The smallest absolute Gasteiger partial charge is 0.187 e. The summed E-state index contributed by atoms with van der Waals surface area (Å²) in [5, 5.41) is 33.7. The van der Waals surface area contributed by atoms with Gasteiger partial charge in [0.05, 0.1) is 6.10 Å². The second-order valence-electron chi connectivity index (χ2n) is 16.1.